The van der Waals surface area contributed by atoms with Gasteiger partial charge in [0.15, 0.2) is 0 Å². The Morgan fingerprint density at radius 3 is 1.30 bits per heavy atom. The molecule has 0 aromatic heterocycles. The maximum atomic E-state index is 11.2. The molecule has 0 unspecified atom stereocenters. The fourth-order valence-electron chi connectivity index (χ4n) is 4.75. The maximum absolute atomic E-state index is 11.2. The molecule has 0 saturated carbocycles. The van der Waals surface area contributed by atoms with E-state index in [1.807, 2.05) is 48.5 Å². The molecule has 4 rings (SSSR count). The Balaban J connectivity index is 1.73. The summed E-state index contributed by atoms with van der Waals surface area (Å²) in [5, 5.41) is 22.5. The molecule has 168 valence electrons. The average molecular weight is 437 g/mol. The summed E-state index contributed by atoms with van der Waals surface area (Å²) in [5.41, 5.74) is 8.06. The van der Waals surface area contributed by atoms with Crippen molar-refractivity contribution in [3.05, 3.63) is 129 Å². The summed E-state index contributed by atoms with van der Waals surface area (Å²) in [4.78, 5) is 0. The van der Waals surface area contributed by atoms with Crippen LogP contribution in [-0.4, -0.2) is 10.2 Å². The van der Waals surface area contributed by atoms with E-state index in [9.17, 15) is 10.2 Å². The fourth-order valence-corrected chi connectivity index (χ4v) is 4.75. The van der Waals surface area contributed by atoms with Crippen LogP contribution >= 0.6 is 0 Å². The third-order valence-electron chi connectivity index (χ3n) is 6.64. The molecule has 0 amide bonds. The molecule has 0 aliphatic rings. The van der Waals surface area contributed by atoms with Crippen molar-refractivity contribution in [1.29, 1.82) is 0 Å². The van der Waals surface area contributed by atoms with Crippen LogP contribution in [0.4, 0.5) is 0 Å². The fraction of sp³-hybridized carbons (Fsp3) is 0.226. The molecule has 4 aromatic carbocycles. The normalized spacial score (nSPS) is 13.0. The first-order valence-electron chi connectivity index (χ1n) is 11.6. The van der Waals surface area contributed by atoms with Gasteiger partial charge in [0.1, 0.15) is 11.5 Å². The lowest BCUT2D eigenvalue weighted by molar-refractivity contribution is 0.453. The lowest BCUT2D eigenvalue weighted by atomic mass is 9.86. The molecule has 2 N–H and O–H groups in total. The number of phenolic OH excluding ortho intramolecular Hbond substituents is 2. The second-order valence-corrected chi connectivity index (χ2v) is 9.17. The first kappa shape index (κ1) is 22.7. The van der Waals surface area contributed by atoms with Gasteiger partial charge in [-0.2, -0.15) is 0 Å². The molecule has 0 saturated heterocycles. The Morgan fingerprint density at radius 2 is 0.939 bits per heavy atom. The minimum Gasteiger partial charge on any atom is -0.507 e. The maximum Gasteiger partial charge on any atom is 0.122 e. The molecule has 33 heavy (non-hydrogen) atoms. The molecular formula is C31H32O2. The Hall–Kier alpha value is -3.52. The minimum atomic E-state index is 0.0737. The first-order valence-corrected chi connectivity index (χ1v) is 11.6. The van der Waals surface area contributed by atoms with E-state index in [-0.39, 0.29) is 11.8 Å². The van der Waals surface area contributed by atoms with Gasteiger partial charge in [0.25, 0.3) is 0 Å². The lowest BCUT2D eigenvalue weighted by Gasteiger charge is -2.20. The van der Waals surface area contributed by atoms with Crippen LogP contribution in [0, 0.1) is 13.8 Å². The third-order valence-corrected chi connectivity index (χ3v) is 6.64. The molecule has 2 heteroatoms. The Kier molecular flexibility index (Phi) is 6.55. The van der Waals surface area contributed by atoms with E-state index in [0.717, 1.165) is 33.4 Å². The van der Waals surface area contributed by atoms with Crippen molar-refractivity contribution in [2.45, 2.75) is 46.0 Å². The van der Waals surface area contributed by atoms with E-state index < -0.39 is 0 Å². The highest BCUT2D eigenvalue weighted by atomic mass is 16.3. The average Bonchev–Trinajstić information content (AvgIpc) is 2.83. The summed E-state index contributed by atoms with van der Waals surface area (Å²) in [6, 6.07) is 28.7. The Labute approximate surface area is 197 Å². The van der Waals surface area contributed by atoms with Crippen molar-refractivity contribution in [3.8, 4) is 11.5 Å². The SMILES string of the molecule is Cc1cc(Cc2cc(C)cc([C@@H](C)c3ccccc3)c2O)c(O)c([C@@H](C)c2ccccc2)c1. The number of aromatic hydroxyl groups is 2. The predicted molar refractivity (Wildman–Crippen MR) is 136 cm³/mol. The van der Waals surface area contributed by atoms with E-state index in [1.165, 1.54) is 11.1 Å². The summed E-state index contributed by atoms with van der Waals surface area (Å²) in [6.45, 7) is 8.36. The largest absolute Gasteiger partial charge is 0.507 e. The summed E-state index contributed by atoms with van der Waals surface area (Å²) in [5.74, 6) is 0.778. The van der Waals surface area contributed by atoms with Crippen molar-refractivity contribution in [3.63, 3.8) is 0 Å². The second kappa shape index (κ2) is 9.54. The van der Waals surface area contributed by atoms with Gasteiger partial charge in [0.2, 0.25) is 0 Å². The first-order chi connectivity index (χ1) is 15.8. The molecule has 2 nitrogen and oxygen atoms in total. The van der Waals surface area contributed by atoms with Crippen molar-refractivity contribution in [2.75, 3.05) is 0 Å². The predicted octanol–water partition coefficient (Wildman–Crippen LogP) is 7.61. The van der Waals surface area contributed by atoms with Crippen LogP contribution in [-0.2, 0) is 6.42 Å². The van der Waals surface area contributed by atoms with Crippen LogP contribution in [0.15, 0.2) is 84.9 Å². The van der Waals surface area contributed by atoms with Crippen molar-refractivity contribution < 1.29 is 10.2 Å². The van der Waals surface area contributed by atoms with Gasteiger partial charge in [0, 0.05) is 29.4 Å². The molecular weight excluding hydrogens is 404 g/mol. The van der Waals surface area contributed by atoms with Gasteiger partial charge in [-0.25, -0.2) is 0 Å². The van der Waals surface area contributed by atoms with Crippen LogP contribution in [0.25, 0.3) is 0 Å². The summed E-state index contributed by atoms with van der Waals surface area (Å²) in [6.07, 6.45) is 0.476. The van der Waals surface area contributed by atoms with Crippen LogP contribution in [0.1, 0.15) is 70.2 Å². The Bertz CT molecular complexity index is 1140. The summed E-state index contributed by atoms with van der Waals surface area (Å²) in [7, 11) is 0. The monoisotopic (exact) mass is 436 g/mol. The summed E-state index contributed by atoms with van der Waals surface area (Å²) >= 11 is 0. The molecule has 0 aliphatic heterocycles. The van der Waals surface area contributed by atoms with E-state index in [4.69, 9.17) is 0 Å². The molecule has 2 atom stereocenters. The zero-order chi connectivity index (χ0) is 23.5. The zero-order valence-electron chi connectivity index (χ0n) is 19.8. The number of hydrogen-bond acceptors (Lipinski definition) is 2. The molecule has 0 aliphatic carbocycles. The highest BCUT2D eigenvalue weighted by Gasteiger charge is 2.20. The van der Waals surface area contributed by atoms with E-state index in [1.54, 1.807) is 0 Å². The Morgan fingerprint density at radius 1 is 0.576 bits per heavy atom. The molecule has 0 fully saturated rings. The quantitative estimate of drug-likeness (QED) is 0.326. The van der Waals surface area contributed by atoms with Gasteiger partial charge in [-0.3, -0.25) is 0 Å². The highest BCUT2D eigenvalue weighted by molar-refractivity contribution is 5.54. The van der Waals surface area contributed by atoms with Crippen LogP contribution < -0.4 is 0 Å². The topological polar surface area (TPSA) is 40.5 Å². The van der Waals surface area contributed by atoms with Crippen LogP contribution in [0.3, 0.4) is 0 Å². The standard InChI is InChI=1S/C31H32O2/c1-20-15-26(30(32)28(17-20)22(3)24-11-7-5-8-12-24)19-27-16-21(2)18-29(31(27)33)23(4)25-13-9-6-10-14-25/h5-18,22-23,32-33H,19H2,1-4H3/t22-,23-/m0/s1. The number of hydrogen-bond donors (Lipinski definition) is 2. The van der Waals surface area contributed by atoms with E-state index >= 15 is 0 Å². The van der Waals surface area contributed by atoms with Crippen LogP contribution in [0.5, 0.6) is 11.5 Å². The van der Waals surface area contributed by atoms with Gasteiger partial charge in [-0.05, 0) is 36.1 Å². The van der Waals surface area contributed by atoms with Gasteiger partial charge in [-0.1, -0.05) is 110 Å². The number of rotatable bonds is 6. The molecule has 4 aromatic rings. The second-order valence-electron chi connectivity index (χ2n) is 9.17. The van der Waals surface area contributed by atoms with Crippen molar-refractivity contribution >= 4 is 0 Å². The van der Waals surface area contributed by atoms with Crippen LogP contribution in [0.2, 0.25) is 0 Å². The number of aryl methyl sites for hydroxylation is 2. The van der Waals surface area contributed by atoms with Gasteiger partial charge < -0.3 is 10.2 Å². The lowest BCUT2D eigenvalue weighted by Crippen LogP contribution is -2.03. The van der Waals surface area contributed by atoms with E-state index in [2.05, 4.69) is 64.1 Å². The molecule has 0 radical (unpaired) electrons. The summed E-state index contributed by atoms with van der Waals surface area (Å²) < 4.78 is 0. The van der Waals surface area contributed by atoms with Gasteiger partial charge >= 0.3 is 0 Å². The van der Waals surface area contributed by atoms with Crippen molar-refractivity contribution in [2.24, 2.45) is 0 Å². The number of benzene rings is 4. The molecule has 0 heterocycles. The smallest absolute Gasteiger partial charge is 0.122 e. The number of phenols is 2. The molecule has 0 spiro atoms. The third kappa shape index (κ3) is 4.80. The van der Waals surface area contributed by atoms with E-state index in [0.29, 0.717) is 17.9 Å². The van der Waals surface area contributed by atoms with Gasteiger partial charge in [0.05, 0.1) is 0 Å². The zero-order valence-corrected chi connectivity index (χ0v) is 19.8. The highest BCUT2D eigenvalue weighted by Crippen LogP contribution is 2.39. The van der Waals surface area contributed by atoms with Crippen molar-refractivity contribution in [1.82, 2.24) is 0 Å². The van der Waals surface area contributed by atoms with Gasteiger partial charge in [-0.15, -0.1) is 0 Å². The molecule has 0 bridgehead atoms. The minimum absolute atomic E-state index is 0.0737.